The van der Waals surface area contributed by atoms with E-state index in [1.54, 1.807) is 12.1 Å². The molecule has 10 rings (SSSR count). The zero-order valence-electron chi connectivity index (χ0n) is 39.2. The highest BCUT2D eigenvalue weighted by molar-refractivity contribution is 6.05. The Kier molecular flexibility index (Phi) is 13.5. The number of nitrogens with zero attached hydrogens (tertiary/aromatic N) is 4. The third-order valence-electron chi connectivity index (χ3n) is 13.4. The molecule has 0 radical (unpaired) electrons. The molecule has 0 aliphatic carbocycles. The second kappa shape index (κ2) is 19.6. The lowest BCUT2D eigenvalue weighted by Crippen LogP contribution is -2.49. The average Bonchev–Trinajstić information content (AvgIpc) is 3.35. The maximum absolute atomic E-state index is 13.6. The van der Waals surface area contributed by atoms with Crippen LogP contribution in [0.5, 0.6) is 0 Å². The molecule has 4 aromatic carbocycles. The number of fused-ring (bicyclic) bond motifs is 6. The Morgan fingerprint density at radius 3 is 1.41 bits per heavy atom. The van der Waals surface area contributed by atoms with Crippen LogP contribution in [0.1, 0.15) is 93.3 Å². The highest BCUT2D eigenvalue weighted by atomic mass is 19.3. The van der Waals surface area contributed by atoms with Crippen molar-refractivity contribution in [2.24, 2.45) is 0 Å². The van der Waals surface area contributed by atoms with Crippen LogP contribution in [0.3, 0.4) is 0 Å². The summed E-state index contributed by atoms with van der Waals surface area (Å²) < 4.78 is 65.8. The molecule has 0 spiro atoms. The second-order valence-electron chi connectivity index (χ2n) is 18.5. The second-order valence-corrected chi connectivity index (χ2v) is 18.5. The maximum atomic E-state index is 13.6. The number of aliphatic hydroxyl groups excluding tert-OH is 2. The van der Waals surface area contributed by atoms with Gasteiger partial charge in [0.15, 0.2) is 0 Å². The molecule has 12 nitrogen and oxygen atoms in total. The fraction of sp³-hybridized carbons (Fsp3) is 0.333. The topological polar surface area (TPSA) is 149 Å². The van der Waals surface area contributed by atoms with Crippen molar-refractivity contribution >= 4 is 34.6 Å². The van der Waals surface area contributed by atoms with Gasteiger partial charge in [0.25, 0.3) is 23.7 Å². The van der Waals surface area contributed by atoms with Gasteiger partial charge in [-0.15, -0.1) is 0 Å². The van der Waals surface area contributed by atoms with E-state index in [1.165, 1.54) is 24.5 Å². The molecule has 4 atom stereocenters. The number of carbonyl (C=O) groups excluding carboxylic acids is 2. The summed E-state index contributed by atoms with van der Waals surface area (Å²) in [5.41, 5.74) is 10.1. The zero-order valence-corrected chi connectivity index (χ0v) is 39.2. The lowest BCUT2D eigenvalue weighted by molar-refractivity contribution is 0.0120. The summed E-state index contributed by atoms with van der Waals surface area (Å²) in [4.78, 5) is 37.5. The van der Waals surface area contributed by atoms with Crippen LogP contribution in [0.2, 0.25) is 0 Å². The third-order valence-corrected chi connectivity index (χ3v) is 13.4. The molecule has 2 saturated heterocycles. The molecule has 4 aliphatic heterocycles. The van der Waals surface area contributed by atoms with Gasteiger partial charge in [0.05, 0.1) is 50.7 Å². The first kappa shape index (κ1) is 48.3. The summed E-state index contributed by atoms with van der Waals surface area (Å²) in [6, 6.07) is 28.5. The normalized spacial score (nSPS) is 19.6. The van der Waals surface area contributed by atoms with Crippen molar-refractivity contribution in [1.82, 2.24) is 9.97 Å². The quantitative estimate of drug-likeness (QED) is 0.109. The molecule has 70 heavy (non-hydrogen) atoms. The number of nitrogens with one attached hydrogen (secondary N) is 2. The van der Waals surface area contributed by atoms with Crippen LogP contribution >= 0.6 is 0 Å². The smallest absolute Gasteiger partial charge is 0.286 e. The number of morpholine rings is 2. The Labute approximate surface area is 403 Å². The lowest BCUT2D eigenvalue weighted by Gasteiger charge is -2.43. The molecule has 6 aromatic rings. The van der Waals surface area contributed by atoms with Crippen LogP contribution in [0.4, 0.5) is 40.3 Å². The Balaban J connectivity index is 0.000000174. The number of halogens is 4. The number of anilines is 4. The lowest BCUT2D eigenvalue weighted by atomic mass is 9.89. The number of aromatic nitrogens is 2. The van der Waals surface area contributed by atoms with Crippen molar-refractivity contribution in [2.75, 3.05) is 60.0 Å². The number of hydrogen-bond acceptors (Lipinski definition) is 10. The minimum atomic E-state index is -3.13. The van der Waals surface area contributed by atoms with E-state index >= 15 is 0 Å². The van der Waals surface area contributed by atoms with Gasteiger partial charge in [-0.2, -0.15) is 17.6 Å². The van der Waals surface area contributed by atoms with Crippen molar-refractivity contribution in [3.05, 3.63) is 154 Å². The molecule has 364 valence electrons. The summed E-state index contributed by atoms with van der Waals surface area (Å²) in [6.45, 7) is 9.52. The monoisotopic (exact) mass is 958 g/mol. The Morgan fingerprint density at radius 2 is 1.01 bits per heavy atom. The van der Waals surface area contributed by atoms with E-state index in [-0.39, 0.29) is 23.2 Å². The number of aliphatic hydroxyl groups is 2. The molecule has 6 heterocycles. The van der Waals surface area contributed by atoms with Gasteiger partial charge in [-0.1, -0.05) is 36.4 Å². The first-order valence-corrected chi connectivity index (χ1v) is 23.3. The summed E-state index contributed by atoms with van der Waals surface area (Å²) >= 11 is 0. The molecule has 0 unspecified atom stereocenters. The molecular weight excluding hydrogens is 905 g/mol. The van der Waals surface area contributed by atoms with Gasteiger partial charge >= 0.3 is 0 Å². The average molecular weight is 959 g/mol. The number of amides is 2. The summed E-state index contributed by atoms with van der Waals surface area (Å²) in [6.07, 6.45) is 2.65. The third kappa shape index (κ3) is 10.3. The number of ether oxygens (including phenoxy) is 2. The number of rotatable bonds is 8. The summed E-state index contributed by atoms with van der Waals surface area (Å²) in [7, 11) is 0. The molecular formula is C54H54F4N6O6. The van der Waals surface area contributed by atoms with Gasteiger partial charge in [0, 0.05) is 97.2 Å². The number of aryl methyl sites for hydroxylation is 2. The largest absolute Gasteiger partial charge is 0.388 e. The fourth-order valence-electron chi connectivity index (χ4n) is 9.64. The van der Waals surface area contributed by atoms with Gasteiger partial charge in [-0.3, -0.25) is 19.6 Å². The van der Waals surface area contributed by atoms with Crippen molar-refractivity contribution in [2.45, 2.75) is 76.7 Å². The molecule has 4 aliphatic rings. The first-order valence-electron chi connectivity index (χ1n) is 23.3. The standard InChI is InChI=1S/2C27H27F2N3O3/c2*1-16-3-5-19(31-26(34)18-7-8-30-25(12-18)27(2,28)29)13-22(16)17-4-6-21-23(11-17)32-9-10-35-15-20(32)14-24(21)33/h2*3-8,11-13,20,24,33H,9-10,14-15H2,1-2H3,(H,31,34)/t2*20-,24+/m10/s1. The number of hydrogen-bond donors (Lipinski definition) is 4. The summed E-state index contributed by atoms with van der Waals surface area (Å²) in [5, 5.41) is 26.9. The van der Waals surface area contributed by atoms with Crippen molar-refractivity contribution in [3.63, 3.8) is 0 Å². The van der Waals surface area contributed by atoms with E-state index < -0.39 is 47.3 Å². The minimum absolute atomic E-state index is 0.111. The Morgan fingerprint density at radius 1 is 0.600 bits per heavy atom. The number of pyridine rings is 2. The van der Waals surface area contributed by atoms with E-state index in [4.69, 9.17) is 9.47 Å². The van der Waals surface area contributed by atoms with E-state index in [9.17, 15) is 37.4 Å². The van der Waals surface area contributed by atoms with Crippen LogP contribution in [0.15, 0.2) is 109 Å². The zero-order chi connectivity index (χ0) is 49.5. The van der Waals surface area contributed by atoms with Crippen LogP contribution in [-0.4, -0.2) is 83.6 Å². The van der Waals surface area contributed by atoms with Crippen molar-refractivity contribution in [3.8, 4) is 22.3 Å². The molecule has 4 N–H and O–H groups in total. The predicted octanol–water partition coefficient (Wildman–Crippen LogP) is 10.1. The van der Waals surface area contributed by atoms with Gasteiger partial charge in [0.1, 0.15) is 11.4 Å². The maximum Gasteiger partial charge on any atom is 0.286 e. The highest BCUT2D eigenvalue weighted by Crippen LogP contribution is 2.43. The van der Waals surface area contributed by atoms with Gasteiger partial charge in [-0.25, -0.2) is 0 Å². The van der Waals surface area contributed by atoms with Crippen LogP contribution in [0, 0.1) is 13.8 Å². The molecule has 16 heteroatoms. The highest BCUT2D eigenvalue weighted by Gasteiger charge is 2.36. The van der Waals surface area contributed by atoms with Crippen LogP contribution in [0.25, 0.3) is 22.3 Å². The molecule has 0 saturated carbocycles. The Hall–Kier alpha value is -6.72. The molecule has 2 amide bonds. The van der Waals surface area contributed by atoms with Gasteiger partial charge in [0.2, 0.25) is 0 Å². The van der Waals surface area contributed by atoms with Crippen molar-refractivity contribution < 1.29 is 46.8 Å². The van der Waals surface area contributed by atoms with E-state index in [1.807, 2.05) is 62.4 Å². The van der Waals surface area contributed by atoms with Crippen LogP contribution < -0.4 is 20.4 Å². The predicted molar refractivity (Wildman–Crippen MR) is 260 cm³/mol. The van der Waals surface area contributed by atoms with E-state index in [0.717, 1.165) is 95.0 Å². The van der Waals surface area contributed by atoms with Gasteiger partial charge in [-0.05, 0) is 108 Å². The van der Waals surface area contributed by atoms with Gasteiger partial charge < -0.3 is 40.1 Å². The number of alkyl halides is 4. The number of benzene rings is 4. The minimum Gasteiger partial charge on any atom is -0.388 e. The van der Waals surface area contributed by atoms with Crippen LogP contribution in [-0.2, 0) is 21.3 Å². The Bertz CT molecular complexity index is 2750. The SMILES string of the molecule is Cc1ccc(NC(=O)c2ccnc(C(C)(F)F)c2)cc1-c1ccc2c(c1)N1CCOC[C@@H]1C[C@H]2O.Cc1ccc(NC(=O)c2ccnc(C(C)(F)F)c2)cc1-c1ccc2c(c1)N1CCOC[C@H]1C[C@@H]2O. The summed E-state index contributed by atoms with van der Waals surface area (Å²) in [5.74, 6) is -7.24. The van der Waals surface area contributed by atoms with E-state index in [2.05, 4.69) is 42.5 Å². The molecule has 0 bridgehead atoms. The molecule has 2 fully saturated rings. The van der Waals surface area contributed by atoms with Crippen molar-refractivity contribution in [1.29, 1.82) is 0 Å². The molecule has 2 aromatic heterocycles. The first-order chi connectivity index (χ1) is 33.4. The number of carbonyl (C=O) groups is 2. The van der Waals surface area contributed by atoms with E-state index in [0.29, 0.717) is 50.6 Å². The fourth-order valence-corrected chi connectivity index (χ4v) is 9.64.